The lowest BCUT2D eigenvalue weighted by Crippen LogP contribution is -2.12. The fourth-order valence-electron chi connectivity index (χ4n) is 1.61. The van der Waals surface area contributed by atoms with Crippen LogP contribution in [0.4, 0.5) is 0 Å². The Morgan fingerprint density at radius 1 is 1.17 bits per heavy atom. The van der Waals surface area contributed by atoms with Crippen LogP contribution in [0.15, 0.2) is 58.1 Å². The summed E-state index contributed by atoms with van der Waals surface area (Å²) in [4.78, 5) is 11.4. The van der Waals surface area contributed by atoms with E-state index in [1.54, 1.807) is 12.1 Å². The highest BCUT2D eigenvalue weighted by Crippen LogP contribution is 2.14. The number of hydrogen-bond donors (Lipinski definition) is 1. The van der Waals surface area contributed by atoms with E-state index in [1.807, 2.05) is 0 Å². The van der Waals surface area contributed by atoms with Gasteiger partial charge in [-0.15, -0.1) is 0 Å². The molecule has 1 heterocycles. The second kappa shape index (κ2) is 7.61. The van der Waals surface area contributed by atoms with Crippen LogP contribution in [0.2, 0.25) is 0 Å². The molecule has 1 aromatic carbocycles. The fraction of sp³-hybridized carbons (Fsp3) is 0.133. The number of sulfonamides is 1. The average Bonchev–Trinajstić information content (AvgIpc) is 3.02. The maximum Gasteiger partial charge on any atom is 0.331 e. The Morgan fingerprint density at radius 2 is 1.91 bits per heavy atom. The summed E-state index contributed by atoms with van der Waals surface area (Å²) >= 11 is 0. The van der Waals surface area contributed by atoms with E-state index in [0.717, 1.165) is 0 Å². The van der Waals surface area contributed by atoms with Gasteiger partial charge in [0.2, 0.25) is 10.0 Å². The van der Waals surface area contributed by atoms with Crippen molar-refractivity contribution in [2.24, 2.45) is 5.14 Å². The molecule has 8 heteroatoms. The summed E-state index contributed by atoms with van der Waals surface area (Å²) in [6, 6.07) is 9.03. The number of nitrogens with two attached hydrogens (primary N) is 1. The van der Waals surface area contributed by atoms with E-state index in [0.29, 0.717) is 11.5 Å². The first-order valence-electron chi connectivity index (χ1n) is 6.59. The minimum Gasteiger partial charge on any atom is -0.490 e. The maximum absolute atomic E-state index is 11.4. The molecule has 1 aromatic heterocycles. The molecule has 0 aliphatic rings. The van der Waals surface area contributed by atoms with E-state index in [2.05, 4.69) is 0 Å². The van der Waals surface area contributed by atoms with E-state index in [1.165, 1.54) is 42.7 Å². The Bertz CT molecular complexity index is 763. The van der Waals surface area contributed by atoms with Gasteiger partial charge in [0.05, 0.1) is 11.2 Å². The van der Waals surface area contributed by atoms with Gasteiger partial charge in [0.25, 0.3) is 0 Å². The molecule has 2 rings (SSSR count). The molecule has 0 radical (unpaired) electrons. The minimum absolute atomic E-state index is 0.000610. The first-order valence-corrected chi connectivity index (χ1v) is 8.14. The number of carbonyl (C=O) groups is 1. The van der Waals surface area contributed by atoms with Crippen molar-refractivity contribution in [1.29, 1.82) is 0 Å². The van der Waals surface area contributed by atoms with Crippen molar-refractivity contribution in [2.45, 2.75) is 4.90 Å². The monoisotopic (exact) mass is 337 g/mol. The van der Waals surface area contributed by atoms with Crippen molar-refractivity contribution in [2.75, 3.05) is 13.2 Å². The highest BCUT2D eigenvalue weighted by Gasteiger charge is 2.07. The Labute approximate surface area is 133 Å². The highest BCUT2D eigenvalue weighted by atomic mass is 32.2. The van der Waals surface area contributed by atoms with Gasteiger partial charge in [0.1, 0.15) is 24.7 Å². The molecule has 0 amide bonds. The minimum atomic E-state index is -3.72. The molecule has 0 aliphatic carbocycles. The van der Waals surface area contributed by atoms with Crippen molar-refractivity contribution < 1.29 is 27.1 Å². The first-order chi connectivity index (χ1) is 10.9. The summed E-state index contributed by atoms with van der Waals surface area (Å²) < 4.78 is 37.5. The molecular formula is C15H15NO6S. The summed E-state index contributed by atoms with van der Waals surface area (Å²) in [5, 5.41) is 4.99. The third-order valence-corrected chi connectivity index (χ3v) is 3.60. The van der Waals surface area contributed by atoms with Crippen LogP contribution in [-0.2, 0) is 19.6 Å². The van der Waals surface area contributed by atoms with E-state index in [4.69, 9.17) is 19.0 Å². The Kier molecular flexibility index (Phi) is 5.56. The summed E-state index contributed by atoms with van der Waals surface area (Å²) in [5.74, 6) is 0.474. The molecule has 122 valence electrons. The van der Waals surface area contributed by atoms with Crippen LogP contribution < -0.4 is 9.88 Å². The molecule has 0 atom stereocenters. The van der Waals surface area contributed by atoms with Crippen LogP contribution in [0.25, 0.3) is 6.08 Å². The number of benzene rings is 1. The number of ether oxygens (including phenoxy) is 2. The van der Waals surface area contributed by atoms with Crippen molar-refractivity contribution in [3.63, 3.8) is 0 Å². The van der Waals surface area contributed by atoms with Gasteiger partial charge in [-0.1, -0.05) is 0 Å². The summed E-state index contributed by atoms with van der Waals surface area (Å²) in [6.07, 6.45) is 4.24. The normalized spacial score (nSPS) is 11.5. The molecule has 23 heavy (non-hydrogen) atoms. The molecule has 0 spiro atoms. The van der Waals surface area contributed by atoms with Crippen molar-refractivity contribution >= 4 is 22.1 Å². The quantitative estimate of drug-likeness (QED) is 0.466. The van der Waals surface area contributed by atoms with Crippen molar-refractivity contribution in [3.05, 3.63) is 54.5 Å². The Morgan fingerprint density at radius 3 is 2.52 bits per heavy atom. The molecule has 0 saturated carbocycles. The first kappa shape index (κ1) is 16.8. The molecule has 0 saturated heterocycles. The van der Waals surface area contributed by atoms with Gasteiger partial charge >= 0.3 is 5.97 Å². The molecule has 7 nitrogen and oxygen atoms in total. The van der Waals surface area contributed by atoms with Crippen LogP contribution in [0.1, 0.15) is 5.76 Å². The number of carbonyl (C=O) groups excluding carboxylic acids is 1. The predicted molar refractivity (Wildman–Crippen MR) is 82.0 cm³/mol. The second-order valence-corrected chi connectivity index (χ2v) is 5.94. The lowest BCUT2D eigenvalue weighted by Gasteiger charge is -2.06. The number of rotatable bonds is 7. The Hall–Kier alpha value is -2.58. The zero-order valence-electron chi connectivity index (χ0n) is 12.0. The zero-order chi connectivity index (χ0) is 16.7. The molecular weight excluding hydrogens is 322 g/mol. The average molecular weight is 337 g/mol. The van der Waals surface area contributed by atoms with E-state index < -0.39 is 16.0 Å². The third kappa shape index (κ3) is 5.61. The highest BCUT2D eigenvalue weighted by molar-refractivity contribution is 7.89. The van der Waals surface area contributed by atoms with Crippen molar-refractivity contribution in [1.82, 2.24) is 0 Å². The van der Waals surface area contributed by atoms with Crippen LogP contribution in [0.3, 0.4) is 0 Å². The van der Waals surface area contributed by atoms with Crippen LogP contribution in [0.5, 0.6) is 5.75 Å². The lowest BCUT2D eigenvalue weighted by molar-refractivity contribution is -0.138. The Balaban J connectivity index is 1.72. The fourth-order valence-corrected chi connectivity index (χ4v) is 2.13. The van der Waals surface area contributed by atoms with Gasteiger partial charge < -0.3 is 13.9 Å². The molecule has 0 aliphatic heterocycles. The SMILES string of the molecule is NS(=O)(=O)c1ccc(OCCOC(=O)C=Cc2ccco2)cc1. The summed E-state index contributed by atoms with van der Waals surface area (Å²) in [5.41, 5.74) is 0. The largest absolute Gasteiger partial charge is 0.490 e. The van der Waals surface area contributed by atoms with Gasteiger partial charge in [-0.3, -0.25) is 0 Å². The van der Waals surface area contributed by atoms with Crippen LogP contribution in [0, 0.1) is 0 Å². The number of esters is 1. The second-order valence-electron chi connectivity index (χ2n) is 4.38. The standard InChI is InChI=1S/C15H15NO6S/c16-23(18,19)14-6-3-13(4-7-14)21-10-11-22-15(17)8-5-12-2-1-9-20-12/h1-9H,10-11H2,(H2,16,18,19). The number of primary sulfonamides is 1. The van der Waals surface area contributed by atoms with Gasteiger partial charge in [-0.2, -0.15) is 0 Å². The van der Waals surface area contributed by atoms with Gasteiger partial charge in [-0.25, -0.2) is 18.4 Å². The van der Waals surface area contributed by atoms with E-state index >= 15 is 0 Å². The number of furan rings is 1. The summed E-state index contributed by atoms with van der Waals surface area (Å²) in [6.45, 7) is 0.188. The topological polar surface area (TPSA) is 109 Å². The zero-order valence-corrected chi connectivity index (χ0v) is 12.9. The molecule has 2 N–H and O–H groups in total. The molecule has 0 bridgehead atoms. The van der Waals surface area contributed by atoms with Gasteiger partial charge in [-0.05, 0) is 42.5 Å². The smallest absolute Gasteiger partial charge is 0.331 e. The van der Waals surface area contributed by atoms with Gasteiger partial charge in [0.15, 0.2) is 0 Å². The maximum atomic E-state index is 11.4. The molecule has 2 aromatic rings. The van der Waals surface area contributed by atoms with E-state index in [9.17, 15) is 13.2 Å². The molecule has 0 fully saturated rings. The third-order valence-electron chi connectivity index (χ3n) is 2.68. The van der Waals surface area contributed by atoms with Crippen LogP contribution in [-0.4, -0.2) is 27.6 Å². The van der Waals surface area contributed by atoms with Gasteiger partial charge in [0, 0.05) is 6.08 Å². The number of hydrogen-bond acceptors (Lipinski definition) is 6. The molecule has 0 unspecified atom stereocenters. The predicted octanol–water partition coefficient (Wildman–Crippen LogP) is 1.56. The lowest BCUT2D eigenvalue weighted by atomic mass is 10.3. The van der Waals surface area contributed by atoms with Crippen LogP contribution >= 0.6 is 0 Å². The van der Waals surface area contributed by atoms with E-state index in [-0.39, 0.29) is 18.1 Å². The van der Waals surface area contributed by atoms with Crippen molar-refractivity contribution in [3.8, 4) is 5.75 Å². The summed E-state index contributed by atoms with van der Waals surface area (Å²) in [7, 11) is -3.72.